The molecule has 98 valence electrons. The molecule has 1 fully saturated rings. The second-order valence-electron chi connectivity index (χ2n) is 4.65. The van der Waals surface area contributed by atoms with Gasteiger partial charge in [0.25, 0.3) is 5.69 Å². The van der Waals surface area contributed by atoms with Crippen molar-refractivity contribution in [1.82, 2.24) is 0 Å². The largest absolute Gasteiger partial charge is 0.381 e. The summed E-state index contributed by atoms with van der Waals surface area (Å²) in [7, 11) is 0. The third-order valence-corrected chi connectivity index (χ3v) is 3.66. The summed E-state index contributed by atoms with van der Waals surface area (Å²) in [5.74, 6) is 0. The molecule has 0 unspecified atom stereocenters. The van der Waals surface area contributed by atoms with Gasteiger partial charge in [-0.3, -0.25) is 10.1 Å². The number of benzene rings is 1. The summed E-state index contributed by atoms with van der Waals surface area (Å²) in [6.45, 7) is 1.18. The van der Waals surface area contributed by atoms with E-state index in [2.05, 4.69) is 0 Å². The lowest BCUT2D eigenvalue weighted by Crippen LogP contribution is -2.47. The van der Waals surface area contributed by atoms with E-state index >= 15 is 0 Å². The molecule has 5 nitrogen and oxygen atoms in total. The van der Waals surface area contributed by atoms with Gasteiger partial charge in [0.15, 0.2) is 0 Å². The van der Waals surface area contributed by atoms with Gasteiger partial charge in [-0.05, 0) is 25.3 Å². The summed E-state index contributed by atoms with van der Waals surface area (Å²) in [6.07, 6.45) is 1.79. The van der Waals surface area contributed by atoms with Crippen LogP contribution < -0.4 is 5.73 Å². The highest BCUT2D eigenvalue weighted by Gasteiger charge is 2.31. The Kier molecular flexibility index (Phi) is 3.85. The van der Waals surface area contributed by atoms with Gasteiger partial charge in [0.05, 0.1) is 15.5 Å². The topological polar surface area (TPSA) is 78.4 Å². The highest BCUT2D eigenvalue weighted by atomic mass is 35.5. The van der Waals surface area contributed by atoms with Crippen molar-refractivity contribution in [2.24, 2.45) is 5.73 Å². The van der Waals surface area contributed by atoms with Crippen LogP contribution in [0, 0.1) is 10.1 Å². The molecule has 1 aliphatic heterocycles. The van der Waals surface area contributed by atoms with Crippen LogP contribution in [0.1, 0.15) is 18.4 Å². The second kappa shape index (κ2) is 5.22. The van der Waals surface area contributed by atoms with Crippen molar-refractivity contribution < 1.29 is 9.66 Å². The van der Waals surface area contributed by atoms with E-state index < -0.39 is 10.5 Å². The van der Waals surface area contributed by atoms with Crippen molar-refractivity contribution in [3.63, 3.8) is 0 Å². The van der Waals surface area contributed by atoms with Crippen LogP contribution >= 0.6 is 11.6 Å². The number of rotatable bonds is 3. The zero-order chi connectivity index (χ0) is 13.2. The zero-order valence-electron chi connectivity index (χ0n) is 9.89. The van der Waals surface area contributed by atoms with E-state index in [0.717, 1.165) is 0 Å². The predicted molar refractivity (Wildman–Crippen MR) is 68.8 cm³/mol. The summed E-state index contributed by atoms with van der Waals surface area (Å²) >= 11 is 6.06. The third-order valence-electron chi connectivity index (χ3n) is 3.31. The third kappa shape index (κ3) is 2.80. The summed E-state index contributed by atoms with van der Waals surface area (Å²) in [6, 6.07) is 4.70. The van der Waals surface area contributed by atoms with Gasteiger partial charge in [-0.2, -0.15) is 0 Å². The Balaban J connectivity index is 2.30. The maximum atomic E-state index is 11.0. The molecular formula is C12H15ClN2O3. The van der Waals surface area contributed by atoms with Crippen molar-refractivity contribution in [2.45, 2.75) is 24.8 Å². The number of ether oxygens (including phenoxy) is 1. The SMILES string of the molecule is NC1(Cc2c(Cl)cccc2[N+](=O)[O-])CCOCC1. The van der Waals surface area contributed by atoms with Gasteiger partial charge < -0.3 is 10.5 Å². The van der Waals surface area contributed by atoms with Gasteiger partial charge in [-0.15, -0.1) is 0 Å². The van der Waals surface area contributed by atoms with Gasteiger partial charge in [0, 0.05) is 24.8 Å². The maximum absolute atomic E-state index is 11.0. The highest BCUT2D eigenvalue weighted by Crippen LogP contribution is 2.32. The molecule has 1 aromatic carbocycles. The highest BCUT2D eigenvalue weighted by molar-refractivity contribution is 6.31. The number of hydrogen-bond donors (Lipinski definition) is 1. The van der Waals surface area contributed by atoms with Gasteiger partial charge in [0.2, 0.25) is 0 Å². The normalized spacial score (nSPS) is 18.6. The van der Waals surface area contributed by atoms with Gasteiger partial charge >= 0.3 is 0 Å². The number of nitrogens with two attached hydrogens (primary N) is 1. The van der Waals surface area contributed by atoms with Crippen molar-refractivity contribution in [1.29, 1.82) is 0 Å². The smallest absolute Gasteiger partial charge is 0.274 e. The Bertz CT molecular complexity index is 459. The first-order chi connectivity index (χ1) is 8.52. The Labute approximate surface area is 110 Å². The minimum atomic E-state index is -0.464. The number of nitro groups is 1. The summed E-state index contributed by atoms with van der Waals surface area (Å²) in [4.78, 5) is 10.6. The van der Waals surface area contributed by atoms with E-state index in [1.165, 1.54) is 6.07 Å². The number of hydrogen-bond acceptors (Lipinski definition) is 4. The molecule has 0 saturated carbocycles. The Morgan fingerprint density at radius 1 is 1.44 bits per heavy atom. The van der Waals surface area contributed by atoms with Gasteiger partial charge in [-0.1, -0.05) is 17.7 Å². The van der Waals surface area contributed by atoms with E-state index in [1.807, 2.05) is 0 Å². The van der Waals surface area contributed by atoms with Crippen LogP contribution in [0.15, 0.2) is 18.2 Å². The van der Waals surface area contributed by atoms with Crippen molar-refractivity contribution in [3.8, 4) is 0 Å². The Morgan fingerprint density at radius 2 is 2.11 bits per heavy atom. The zero-order valence-corrected chi connectivity index (χ0v) is 10.7. The van der Waals surface area contributed by atoms with Crippen LogP contribution in [0.3, 0.4) is 0 Å². The molecule has 6 heteroatoms. The standard InChI is InChI=1S/C12H15ClN2O3/c13-10-2-1-3-11(15(16)17)9(10)8-12(14)4-6-18-7-5-12/h1-3H,4-8,14H2. The molecule has 0 aromatic heterocycles. The molecule has 1 heterocycles. The number of nitrogens with zero attached hydrogens (tertiary/aromatic N) is 1. The van der Waals surface area contributed by atoms with Crippen LogP contribution in [0.2, 0.25) is 5.02 Å². The molecule has 2 rings (SSSR count). The van der Waals surface area contributed by atoms with E-state index in [1.54, 1.807) is 12.1 Å². The first kappa shape index (κ1) is 13.3. The van der Waals surface area contributed by atoms with Gasteiger partial charge in [0.1, 0.15) is 0 Å². The quantitative estimate of drug-likeness (QED) is 0.675. The molecule has 0 bridgehead atoms. The fourth-order valence-electron chi connectivity index (χ4n) is 2.20. The fraction of sp³-hybridized carbons (Fsp3) is 0.500. The average Bonchev–Trinajstić information content (AvgIpc) is 2.32. The van der Waals surface area contributed by atoms with Gasteiger partial charge in [-0.25, -0.2) is 0 Å². The summed E-state index contributed by atoms with van der Waals surface area (Å²) in [5, 5.41) is 11.4. The van der Waals surface area contributed by atoms with Crippen LogP contribution in [0.5, 0.6) is 0 Å². The number of halogens is 1. The van der Waals surface area contributed by atoms with Crippen LogP contribution in [-0.4, -0.2) is 23.7 Å². The average molecular weight is 271 g/mol. The molecular weight excluding hydrogens is 256 g/mol. The van der Waals surface area contributed by atoms with Crippen molar-refractivity contribution in [2.75, 3.05) is 13.2 Å². The lowest BCUT2D eigenvalue weighted by Gasteiger charge is -2.33. The maximum Gasteiger partial charge on any atom is 0.274 e. The molecule has 0 radical (unpaired) electrons. The minimum absolute atomic E-state index is 0.0406. The Morgan fingerprint density at radius 3 is 2.72 bits per heavy atom. The predicted octanol–water partition coefficient (Wildman–Crippen LogP) is 2.30. The number of nitro benzene ring substituents is 1. The monoisotopic (exact) mass is 270 g/mol. The molecule has 0 aliphatic carbocycles. The molecule has 1 aromatic rings. The second-order valence-corrected chi connectivity index (χ2v) is 5.05. The molecule has 0 amide bonds. The molecule has 0 spiro atoms. The van der Waals surface area contributed by atoms with Crippen LogP contribution in [-0.2, 0) is 11.2 Å². The van der Waals surface area contributed by atoms with E-state index in [-0.39, 0.29) is 5.69 Å². The molecule has 0 atom stereocenters. The molecule has 1 aliphatic rings. The molecule has 1 saturated heterocycles. The van der Waals surface area contributed by atoms with Crippen LogP contribution in [0.4, 0.5) is 5.69 Å². The minimum Gasteiger partial charge on any atom is -0.381 e. The van der Waals surface area contributed by atoms with Crippen LogP contribution in [0.25, 0.3) is 0 Å². The summed E-state index contributed by atoms with van der Waals surface area (Å²) in [5.41, 5.74) is 6.37. The molecule has 2 N–H and O–H groups in total. The fourth-order valence-corrected chi connectivity index (χ4v) is 2.44. The first-order valence-corrected chi connectivity index (χ1v) is 6.18. The lowest BCUT2D eigenvalue weighted by atomic mass is 9.84. The molecule has 18 heavy (non-hydrogen) atoms. The van der Waals surface area contributed by atoms with E-state index in [4.69, 9.17) is 22.1 Å². The summed E-state index contributed by atoms with van der Waals surface area (Å²) < 4.78 is 5.26. The van der Waals surface area contributed by atoms with Crippen molar-refractivity contribution in [3.05, 3.63) is 38.9 Å². The lowest BCUT2D eigenvalue weighted by molar-refractivity contribution is -0.385. The van der Waals surface area contributed by atoms with Crippen molar-refractivity contribution >= 4 is 17.3 Å². The van der Waals surface area contributed by atoms with E-state index in [0.29, 0.717) is 43.1 Å². The van der Waals surface area contributed by atoms with E-state index in [9.17, 15) is 10.1 Å². The first-order valence-electron chi connectivity index (χ1n) is 5.80. The Hall–Kier alpha value is -1.17.